The third-order valence-corrected chi connectivity index (χ3v) is 19.0. The van der Waals surface area contributed by atoms with E-state index in [1.807, 2.05) is 26.6 Å². The average Bonchev–Trinajstić information content (AvgIpc) is 1.70. The van der Waals surface area contributed by atoms with Gasteiger partial charge in [-0.2, -0.15) is 0 Å². The molecule has 1 rings (SSSR count). The van der Waals surface area contributed by atoms with Gasteiger partial charge in [-0.25, -0.2) is 4.79 Å². The maximum Gasteiger partial charge on any atom is 0.326 e. The Labute approximate surface area is 739 Å². The van der Waals surface area contributed by atoms with Gasteiger partial charge in [-0.3, -0.25) is 120 Å². The number of likely N-dealkylation sites (tertiary alicyclic amines) is 1. The quantitative estimate of drug-likeness (QED) is 0.0251. The molecule has 1 fully saturated rings. The molecule has 0 aliphatic carbocycles. The van der Waals surface area contributed by atoms with E-state index in [9.17, 15) is 176 Å². The van der Waals surface area contributed by atoms with Gasteiger partial charge in [-0.15, -0.1) is 0 Å². The van der Waals surface area contributed by atoms with Crippen LogP contribution in [-0.2, 0) is 125 Å². The van der Waals surface area contributed by atoms with Crippen molar-refractivity contribution in [2.75, 3.05) is 52.5 Å². The maximum absolute atomic E-state index is 14.0. The second-order valence-corrected chi connectivity index (χ2v) is 30.1. The minimum atomic E-state index is -2.09. The number of hydrogen-bond donors (Lipinski definition) is 29. The van der Waals surface area contributed by atoms with E-state index < -0.39 is 386 Å². The van der Waals surface area contributed by atoms with Crippen LogP contribution in [0.5, 0.6) is 0 Å². The summed E-state index contributed by atoms with van der Waals surface area (Å²) in [6.07, 6.45) is -11.6. The van der Waals surface area contributed by atoms with Crippen molar-refractivity contribution in [3.05, 3.63) is 0 Å². The Morgan fingerprint density at radius 1 is 0.315 bits per heavy atom. The first kappa shape index (κ1) is 114. The average molecular weight is 1860 g/mol. The lowest BCUT2D eigenvalue weighted by molar-refractivity contribution is -0.144. The Hall–Kier alpha value is -13.9. The molecule has 17 amide bonds. The molecule has 0 bridgehead atoms. The predicted molar refractivity (Wildman–Crippen MR) is 433 cm³/mol. The van der Waals surface area contributed by atoms with E-state index in [0.717, 1.165) is 4.90 Å². The van der Waals surface area contributed by atoms with Gasteiger partial charge in [0.2, 0.25) is 100 Å². The molecule has 1 heterocycles. The molecule has 56 heteroatoms. The number of nitrogens with zero attached hydrogens (tertiary/aromatic N) is 1. The molecule has 31 N–H and O–H groups in total. The van der Waals surface area contributed by atoms with Crippen LogP contribution in [0.2, 0.25) is 0 Å². The van der Waals surface area contributed by atoms with Crippen LogP contribution in [0, 0.1) is 11.8 Å². The molecule has 0 aromatic rings. The van der Waals surface area contributed by atoms with E-state index >= 15 is 0 Å². The third kappa shape index (κ3) is 45.0. The van der Waals surface area contributed by atoms with Crippen LogP contribution < -0.4 is 96.5 Å². The second-order valence-electron chi connectivity index (χ2n) is 30.1. The summed E-state index contributed by atoms with van der Waals surface area (Å²) in [7, 11) is 0. The largest absolute Gasteiger partial charge is 0.481 e. The van der Waals surface area contributed by atoms with E-state index in [-0.39, 0.29) is 32.4 Å². The molecular formula is C74H115N19O37. The van der Waals surface area contributed by atoms with Crippen molar-refractivity contribution in [3.8, 4) is 0 Å². The fraction of sp³-hybridized carbons (Fsp3) is 0.649. The van der Waals surface area contributed by atoms with Crippen LogP contribution in [-0.4, -0.2) is 352 Å². The number of carbonyl (C=O) groups excluding carboxylic acids is 17. The number of aliphatic carboxylic acids is 9. The molecule has 0 aromatic carbocycles. The summed E-state index contributed by atoms with van der Waals surface area (Å²) in [4.78, 5) is 336. The van der Waals surface area contributed by atoms with Crippen LogP contribution in [0.25, 0.3) is 0 Å². The zero-order valence-electron chi connectivity index (χ0n) is 71.2. The van der Waals surface area contributed by atoms with Crippen LogP contribution in [0.1, 0.15) is 156 Å². The van der Waals surface area contributed by atoms with E-state index in [0.29, 0.717) is 12.8 Å². The van der Waals surface area contributed by atoms with Crippen molar-refractivity contribution < 1.29 is 181 Å². The normalized spacial score (nSPS) is 15.1. The molecule has 1 saturated heterocycles. The highest BCUT2D eigenvalue weighted by atomic mass is 16.4. The fourth-order valence-corrected chi connectivity index (χ4v) is 12.0. The fourth-order valence-electron chi connectivity index (χ4n) is 12.0. The molecule has 0 spiro atoms. The molecule has 1 aliphatic heterocycles. The van der Waals surface area contributed by atoms with Crippen molar-refractivity contribution in [3.63, 3.8) is 0 Å². The molecule has 14 atom stereocenters. The van der Waals surface area contributed by atoms with E-state index in [1.54, 1.807) is 0 Å². The SMILES string of the molecule is CC(C)[C@H](NC(=O)[C@H](CO)NC(=O)[C@H](CC(=O)O)NC(=O)[C@@H](NC(=O)[C@H](CCCCN)NC(=O)CNC(=O)[C@@H]1CCCN1C(=O)[C@@H](N)CO)C(C)C)C(=O)N[C@@H](CCC(=O)O)C(=O)NCC(=O)N[C@@H](CCC(=O)O)C(=O)NCC(=O)N[C@@H](CCC(=O)O)C(=O)N[C@@H](CCC(=O)O)C(=O)N[C@@H](CCC(=O)O)C(=O)NCC(=O)N[C@@H](CCC(=O)O)C(=O)N[C@@H](CCC(=O)O)C(=O)O. The summed E-state index contributed by atoms with van der Waals surface area (Å²) in [6.45, 7) is -0.331. The van der Waals surface area contributed by atoms with Gasteiger partial charge < -0.3 is 158 Å². The number of rotatable bonds is 65. The topological polar surface area (TPSA) is 914 Å². The molecule has 0 saturated carbocycles. The van der Waals surface area contributed by atoms with Crippen molar-refractivity contribution in [1.29, 1.82) is 0 Å². The van der Waals surface area contributed by atoms with Gasteiger partial charge in [0, 0.05) is 51.5 Å². The van der Waals surface area contributed by atoms with Crippen molar-refractivity contribution in [2.45, 2.75) is 241 Å². The smallest absolute Gasteiger partial charge is 0.326 e. The van der Waals surface area contributed by atoms with Gasteiger partial charge in [0.25, 0.3) is 0 Å². The van der Waals surface area contributed by atoms with Gasteiger partial charge in [0.1, 0.15) is 84.6 Å². The highest BCUT2D eigenvalue weighted by Crippen LogP contribution is 2.19. The third-order valence-electron chi connectivity index (χ3n) is 19.0. The lowest BCUT2D eigenvalue weighted by Gasteiger charge is -2.28. The summed E-state index contributed by atoms with van der Waals surface area (Å²) < 4.78 is 0. The van der Waals surface area contributed by atoms with Gasteiger partial charge in [-0.05, 0) is 95.4 Å². The first-order valence-electron chi connectivity index (χ1n) is 40.5. The molecular weight excluding hydrogens is 1750 g/mol. The number of unbranched alkanes of at least 4 members (excludes halogenated alkanes) is 1. The molecule has 130 heavy (non-hydrogen) atoms. The van der Waals surface area contributed by atoms with Gasteiger partial charge in [0.15, 0.2) is 0 Å². The lowest BCUT2D eigenvalue weighted by atomic mass is 10.0. The van der Waals surface area contributed by atoms with Crippen LogP contribution >= 0.6 is 0 Å². The number of carbonyl (C=O) groups is 26. The van der Waals surface area contributed by atoms with E-state index in [2.05, 4.69) is 58.5 Å². The number of carboxylic acid groups (broad SMARTS) is 9. The molecule has 0 unspecified atom stereocenters. The molecule has 0 aromatic heterocycles. The zero-order valence-corrected chi connectivity index (χ0v) is 71.2. The number of nitrogens with one attached hydrogen (secondary N) is 16. The number of nitrogens with two attached hydrogens (primary N) is 2. The monoisotopic (exact) mass is 1860 g/mol. The van der Waals surface area contributed by atoms with Crippen LogP contribution in [0.3, 0.4) is 0 Å². The first-order valence-corrected chi connectivity index (χ1v) is 40.5. The standard InChI is InChI=1S/C74H115N19O37/c1-33(2)59(92-69(124)45(32-95)90-68(123)44(26-58(114)115)89-72(127)60(34(3)4)91-67(122)36(8-5-6-24-75)81-50(99)30-80-70(125)46-9-7-25-93(46)73(128)35(76)31-94)71(126)87-39(12-19-53(104)105)63(118)79-27-47(96)82-37(10-17-51(100)101)61(116)77-28-48(97)83-40(13-20-54(106)107)64(119)86-42(15-22-56(110)111)66(121)85-38(11-18-52(102)103)62(117)78-29-49(98)84-41(14-21-55(108)109)65(120)88-43(74(129)130)16-23-57(112)113/h33-46,59-60,94-95H,5-32,75-76H2,1-4H3,(H,77,116)(H,78,117)(H,79,118)(H,80,125)(H,81,99)(H,82,96)(H,83,97)(H,84,98)(H,85,121)(H,86,119)(H,87,126)(H,88,120)(H,89,127)(H,90,123)(H,91,122)(H,92,124)(H,100,101)(H,102,103)(H,104,105)(H,106,107)(H,108,109)(H,110,111)(H,112,113)(H,114,115)(H,129,130)/t35-,36-,37-,38-,39-,40-,41-,42-,43-,44-,45-,46-,59-,60-/m0/s1. The lowest BCUT2D eigenvalue weighted by Crippen LogP contribution is -2.61. The number of amides is 17. The molecule has 728 valence electrons. The Morgan fingerprint density at radius 2 is 0.592 bits per heavy atom. The van der Waals surface area contributed by atoms with E-state index in [1.165, 1.54) is 27.7 Å². The van der Waals surface area contributed by atoms with Crippen molar-refractivity contribution in [1.82, 2.24) is 90.0 Å². The Morgan fingerprint density at radius 3 is 0.915 bits per heavy atom. The number of hydrogen-bond acceptors (Lipinski definition) is 30. The van der Waals surface area contributed by atoms with Gasteiger partial charge in [-0.1, -0.05) is 27.7 Å². The first-order chi connectivity index (χ1) is 60.9. The molecule has 0 radical (unpaired) electrons. The van der Waals surface area contributed by atoms with Crippen molar-refractivity contribution >= 4 is 154 Å². The van der Waals surface area contributed by atoms with Crippen molar-refractivity contribution in [2.24, 2.45) is 23.3 Å². The summed E-state index contributed by atoms with van der Waals surface area (Å²) in [5.41, 5.74) is 11.3. The van der Waals surface area contributed by atoms with Crippen LogP contribution in [0.15, 0.2) is 0 Å². The summed E-state index contributed by atoms with van der Waals surface area (Å²) in [6, 6.07) is -24.8. The number of carboxylic acids is 9. The Balaban J connectivity index is 3.37. The Bertz CT molecular complexity index is 4070. The van der Waals surface area contributed by atoms with Gasteiger partial charge in [0.05, 0.1) is 45.8 Å². The summed E-state index contributed by atoms with van der Waals surface area (Å²) >= 11 is 0. The predicted octanol–water partition coefficient (Wildman–Crippen LogP) is -12.4. The highest BCUT2D eigenvalue weighted by Gasteiger charge is 2.41. The highest BCUT2D eigenvalue weighted by molar-refractivity contribution is 6.02. The number of aliphatic hydroxyl groups excluding tert-OH is 2. The Kier molecular flexibility index (Phi) is 51.9. The molecule has 1 aliphatic rings. The minimum Gasteiger partial charge on any atom is -0.481 e. The summed E-state index contributed by atoms with van der Waals surface area (Å²) in [5, 5.41) is 139. The maximum atomic E-state index is 14.0. The van der Waals surface area contributed by atoms with Crippen LogP contribution in [0.4, 0.5) is 0 Å². The second kappa shape index (κ2) is 59.2. The zero-order chi connectivity index (χ0) is 98.9. The van der Waals surface area contributed by atoms with Gasteiger partial charge >= 0.3 is 53.7 Å². The van der Waals surface area contributed by atoms with E-state index in [4.69, 9.17) is 16.6 Å². The minimum absolute atomic E-state index is 0.0741. The molecule has 56 nitrogen and oxygen atoms in total. The number of aliphatic hydroxyl groups is 2. The summed E-state index contributed by atoms with van der Waals surface area (Å²) in [5.74, 6) is -36.9.